The Kier molecular flexibility index (Phi) is 74.6. The Hall–Kier alpha value is -3.76. The summed E-state index contributed by atoms with van der Waals surface area (Å²) >= 11 is 0. The molecule has 0 bridgehead atoms. The normalized spacial score (nSPS) is 14.3. The molecule has 0 rings (SSSR count). The van der Waals surface area contributed by atoms with E-state index < -0.39 is 97.5 Å². The number of ether oxygens (including phenoxy) is 4. The van der Waals surface area contributed by atoms with E-state index in [4.69, 9.17) is 37.0 Å². The Bertz CT molecular complexity index is 2300. The highest BCUT2D eigenvalue weighted by Gasteiger charge is 2.30. The number of phosphoric acid groups is 2. The molecule has 0 aromatic rings. The fraction of sp³-hybridized carbons (Fsp3) is 0.788. The molecule has 0 spiro atoms. The van der Waals surface area contributed by atoms with Crippen LogP contribution in [0.15, 0.2) is 85.1 Å². The molecule has 0 aromatic heterocycles. The Morgan fingerprint density at radius 1 is 0.269 bits per heavy atom. The van der Waals surface area contributed by atoms with Crippen molar-refractivity contribution in [1.29, 1.82) is 0 Å². The van der Waals surface area contributed by atoms with Crippen molar-refractivity contribution >= 4 is 39.5 Å². The summed E-state index contributed by atoms with van der Waals surface area (Å²) in [5.41, 5.74) is 0. The maximum atomic E-state index is 13.1. The predicted molar refractivity (Wildman–Crippen MR) is 427 cm³/mol. The van der Waals surface area contributed by atoms with Gasteiger partial charge in [-0.05, 0) is 96.3 Å². The fourth-order valence-electron chi connectivity index (χ4n) is 11.5. The van der Waals surface area contributed by atoms with Crippen molar-refractivity contribution in [2.24, 2.45) is 0 Å². The monoisotopic (exact) mass is 1510 g/mol. The lowest BCUT2D eigenvalue weighted by Crippen LogP contribution is -2.30. The molecule has 0 radical (unpaired) electrons. The molecule has 0 aromatic carbocycles. The highest BCUT2D eigenvalue weighted by molar-refractivity contribution is 7.47. The van der Waals surface area contributed by atoms with Gasteiger partial charge in [-0.2, -0.15) is 0 Å². The molecule has 604 valence electrons. The van der Waals surface area contributed by atoms with E-state index in [1.807, 2.05) is 12.2 Å². The topological polar surface area (TPSA) is 237 Å². The SMILES string of the molecule is CCCCC/C=C\C/C=C\C/C=C\C/C=C\C/C=C\CCC(=O)OC[C@H](COP(=O)(O)OC[C@@H](O)COP(=O)(O)OC[C@@H](COC(=O)CCCCCCC/C=C\C/C=C\CCCCC)OC(=O)CCCCCCCCCCCCCCCCC)OC(=O)CCCCCCCCCCCCCCCCC. The van der Waals surface area contributed by atoms with Crippen LogP contribution in [-0.2, 0) is 65.4 Å². The Balaban J connectivity index is 5.40. The van der Waals surface area contributed by atoms with Crippen LogP contribution in [0.25, 0.3) is 0 Å². The molecular formula is C85H152O17P2. The molecule has 2 unspecified atom stereocenters. The lowest BCUT2D eigenvalue weighted by atomic mass is 10.0. The van der Waals surface area contributed by atoms with Crippen LogP contribution in [0.2, 0.25) is 0 Å². The van der Waals surface area contributed by atoms with Crippen LogP contribution in [0.3, 0.4) is 0 Å². The summed E-state index contributed by atoms with van der Waals surface area (Å²) in [6, 6.07) is 0. The van der Waals surface area contributed by atoms with Gasteiger partial charge in [0.25, 0.3) is 0 Å². The summed E-state index contributed by atoms with van der Waals surface area (Å²) in [6.07, 6.45) is 81.3. The molecule has 0 saturated heterocycles. The number of esters is 4. The molecule has 0 saturated carbocycles. The summed E-state index contributed by atoms with van der Waals surface area (Å²) in [4.78, 5) is 73.1. The van der Waals surface area contributed by atoms with E-state index in [2.05, 4.69) is 101 Å². The lowest BCUT2D eigenvalue weighted by molar-refractivity contribution is -0.161. The first-order valence-corrected chi connectivity index (χ1v) is 44.8. The highest BCUT2D eigenvalue weighted by Crippen LogP contribution is 2.45. The van der Waals surface area contributed by atoms with Crippen LogP contribution in [0, 0.1) is 0 Å². The number of carbonyl (C=O) groups is 4. The number of hydrogen-bond donors (Lipinski definition) is 3. The largest absolute Gasteiger partial charge is 0.472 e. The number of rotatable bonds is 79. The van der Waals surface area contributed by atoms with Gasteiger partial charge in [0.05, 0.1) is 26.4 Å². The molecule has 0 aliphatic rings. The second kappa shape index (κ2) is 77.4. The van der Waals surface area contributed by atoms with Crippen molar-refractivity contribution in [3.05, 3.63) is 85.1 Å². The minimum Gasteiger partial charge on any atom is -0.462 e. The van der Waals surface area contributed by atoms with Gasteiger partial charge in [0.2, 0.25) is 0 Å². The molecule has 0 heterocycles. The predicted octanol–water partition coefficient (Wildman–Crippen LogP) is 24.6. The number of unbranched alkanes of at least 4 members (excludes halogenated alkanes) is 39. The number of phosphoric ester groups is 2. The first-order valence-electron chi connectivity index (χ1n) is 41.8. The molecule has 3 N–H and O–H groups in total. The minimum absolute atomic E-state index is 0.0413. The van der Waals surface area contributed by atoms with Gasteiger partial charge in [0.15, 0.2) is 12.2 Å². The molecule has 19 heteroatoms. The molecular weight excluding hydrogens is 1350 g/mol. The maximum Gasteiger partial charge on any atom is 0.472 e. The van der Waals surface area contributed by atoms with E-state index in [-0.39, 0.29) is 25.7 Å². The van der Waals surface area contributed by atoms with Crippen LogP contribution < -0.4 is 0 Å². The smallest absolute Gasteiger partial charge is 0.462 e. The van der Waals surface area contributed by atoms with Gasteiger partial charge in [-0.25, -0.2) is 9.13 Å². The summed E-state index contributed by atoms with van der Waals surface area (Å²) < 4.78 is 68.6. The molecule has 5 atom stereocenters. The third-order valence-electron chi connectivity index (χ3n) is 17.9. The third-order valence-corrected chi connectivity index (χ3v) is 19.8. The number of aliphatic hydroxyl groups is 1. The summed E-state index contributed by atoms with van der Waals surface area (Å²) in [7, 11) is -9.97. The maximum absolute atomic E-state index is 13.1. The molecule has 0 amide bonds. The average molecular weight is 1510 g/mol. The summed E-state index contributed by atoms with van der Waals surface area (Å²) in [6.45, 7) is 4.80. The molecule has 17 nitrogen and oxygen atoms in total. The van der Waals surface area contributed by atoms with Gasteiger partial charge in [-0.15, -0.1) is 0 Å². The van der Waals surface area contributed by atoms with E-state index >= 15 is 0 Å². The van der Waals surface area contributed by atoms with E-state index in [9.17, 15) is 43.2 Å². The number of allylic oxidation sites excluding steroid dienone is 14. The standard InChI is InChI=1S/C85H152O17P2/c1-5-9-13-17-21-25-29-33-37-38-39-40-44-46-50-54-58-62-66-70-83(88)96-76-81(102-85(90)72-68-64-60-56-52-48-43-36-32-28-24-20-16-12-8-4)78-100-104(93,94)98-74-79(86)73-97-103(91,92)99-77-80(101-84(89)71-67-63-59-55-51-47-42-35-31-27-23-19-15-11-7-3)75-95-82(87)69-65-61-57-53-49-45-41-34-30-26-22-18-14-10-6-2/h21-22,25-26,33-34,37,39-41,46,50,58,62,79-81,86H,5-20,23-24,27-32,35-36,38,42-45,47-49,51-57,59-61,63-78H2,1-4H3,(H,91,92)(H,93,94)/b25-21-,26-22-,37-33-,40-39-,41-34-,50-46-,62-58-/t79-,80+,81+/m0/s1. The second-order valence-corrected chi connectivity index (χ2v) is 31.0. The Morgan fingerprint density at radius 2 is 0.490 bits per heavy atom. The van der Waals surface area contributed by atoms with Gasteiger partial charge < -0.3 is 33.8 Å². The molecule has 0 aliphatic heterocycles. The number of aliphatic hydroxyl groups excluding tert-OH is 1. The zero-order valence-corrected chi connectivity index (χ0v) is 68.0. The van der Waals surface area contributed by atoms with Crippen molar-refractivity contribution in [3.63, 3.8) is 0 Å². The van der Waals surface area contributed by atoms with Crippen molar-refractivity contribution < 1.29 is 80.2 Å². The van der Waals surface area contributed by atoms with E-state index in [0.29, 0.717) is 32.1 Å². The molecule has 0 fully saturated rings. The van der Waals surface area contributed by atoms with Crippen molar-refractivity contribution in [3.8, 4) is 0 Å². The number of hydrogen-bond acceptors (Lipinski definition) is 15. The Morgan fingerprint density at radius 3 is 0.798 bits per heavy atom. The van der Waals surface area contributed by atoms with Gasteiger partial charge >= 0.3 is 39.5 Å². The van der Waals surface area contributed by atoms with Crippen LogP contribution in [0.5, 0.6) is 0 Å². The van der Waals surface area contributed by atoms with Gasteiger partial charge in [0, 0.05) is 25.7 Å². The fourth-order valence-corrected chi connectivity index (χ4v) is 13.1. The first-order chi connectivity index (χ1) is 50.7. The van der Waals surface area contributed by atoms with Crippen molar-refractivity contribution in [2.45, 2.75) is 393 Å². The zero-order chi connectivity index (χ0) is 76.0. The summed E-state index contributed by atoms with van der Waals surface area (Å²) in [5, 5.41) is 10.7. The van der Waals surface area contributed by atoms with Crippen LogP contribution in [-0.4, -0.2) is 96.7 Å². The molecule has 0 aliphatic carbocycles. The van der Waals surface area contributed by atoms with Crippen LogP contribution in [0.1, 0.15) is 374 Å². The summed E-state index contributed by atoms with van der Waals surface area (Å²) in [5.74, 6) is -2.25. The van der Waals surface area contributed by atoms with E-state index in [1.165, 1.54) is 167 Å². The minimum atomic E-state index is -4.99. The van der Waals surface area contributed by atoms with Crippen molar-refractivity contribution in [1.82, 2.24) is 0 Å². The van der Waals surface area contributed by atoms with Crippen molar-refractivity contribution in [2.75, 3.05) is 39.6 Å². The number of carbonyl (C=O) groups excluding carboxylic acids is 4. The third kappa shape index (κ3) is 76.4. The molecule has 104 heavy (non-hydrogen) atoms. The van der Waals surface area contributed by atoms with Crippen LogP contribution >= 0.6 is 15.6 Å². The van der Waals surface area contributed by atoms with E-state index in [1.54, 1.807) is 0 Å². The average Bonchev–Trinajstić information content (AvgIpc) is 0.918. The quantitative estimate of drug-likeness (QED) is 0.0169. The van der Waals surface area contributed by atoms with Gasteiger partial charge in [-0.1, -0.05) is 337 Å². The highest BCUT2D eigenvalue weighted by atomic mass is 31.2. The lowest BCUT2D eigenvalue weighted by Gasteiger charge is -2.21. The second-order valence-electron chi connectivity index (χ2n) is 28.1. The van der Waals surface area contributed by atoms with Gasteiger partial charge in [-0.3, -0.25) is 37.3 Å². The Labute approximate surface area is 634 Å². The van der Waals surface area contributed by atoms with E-state index in [0.717, 1.165) is 122 Å². The van der Waals surface area contributed by atoms with Gasteiger partial charge in [0.1, 0.15) is 19.3 Å². The van der Waals surface area contributed by atoms with Crippen LogP contribution in [0.4, 0.5) is 0 Å². The zero-order valence-electron chi connectivity index (χ0n) is 66.2. The first kappa shape index (κ1) is 100.